The van der Waals surface area contributed by atoms with Crippen LogP contribution in [0.25, 0.3) is 0 Å². The highest BCUT2D eigenvalue weighted by Crippen LogP contribution is 1.98. The van der Waals surface area contributed by atoms with Gasteiger partial charge in [-0.15, -0.1) is 0 Å². The molecule has 0 aromatic carbocycles. The molecule has 0 fully saturated rings. The molecule has 1 aromatic heterocycles. The number of hydrogen-bond donors (Lipinski definition) is 5. The van der Waals surface area contributed by atoms with Crippen molar-refractivity contribution in [3.05, 3.63) is 18.5 Å². The molecule has 1 rings (SSSR count). The maximum atomic E-state index is 8.74. The molecule has 1 heterocycles. The Balaban J connectivity index is 0. The summed E-state index contributed by atoms with van der Waals surface area (Å²) in [4.78, 5) is 14.3. The molecule has 14 heavy (non-hydrogen) atoms. The monoisotopic (exact) mass is 248 g/mol. The van der Waals surface area contributed by atoms with Crippen LogP contribution >= 0.6 is 8.25 Å². The lowest BCUT2D eigenvalue weighted by Crippen LogP contribution is -1.89. The summed E-state index contributed by atoms with van der Waals surface area (Å²) in [5.41, 5.74) is 0. The molecule has 0 saturated carbocycles. The first-order valence-electron chi connectivity index (χ1n) is 2.79. The third-order valence-electron chi connectivity index (χ3n) is 0.406. The normalized spacial score (nSPS) is 9.50. The van der Waals surface area contributed by atoms with Gasteiger partial charge < -0.3 is 9.79 Å². The molecule has 5 N–H and O–H groups in total. The summed E-state index contributed by atoms with van der Waals surface area (Å²) in [5, 5.41) is 6.21. The van der Waals surface area contributed by atoms with Crippen LogP contribution in [-0.4, -0.2) is 37.5 Å². The van der Waals surface area contributed by atoms with Crippen molar-refractivity contribution in [3.8, 4) is 0 Å². The van der Waals surface area contributed by atoms with Crippen molar-refractivity contribution in [1.29, 1.82) is 0 Å². The lowest BCUT2D eigenvalue weighted by molar-refractivity contribution is 0.380. The van der Waals surface area contributed by atoms with Gasteiger partial charge in [-0.3, -0.25) is 18.8 Å². The van der Waals surface area contributed by atoms with Crippen molar-refractivity contribution in [2.24, 2.45) is 0 Å². The van der Waals surface area contributed by atoms with Crippen molar-refractivity contribution in [3.63, 3.8) is 0 Å². The molecule has 0 aliphatic rings. The molecular formula is C3H9N2O7PS. The molecular weight excluding hydrogens is 239 g/mol. The van der Waals surface area contributed by atoms with Gasteiger partial charge in [-0.25, -0.2) is 0 Å². The Labute approximate surface area is 79.9 Å². The zero-order valence-electron chi connectivity index (χ0n) is 6.60. The third kappa shape index (κ3) is 65.7. The molecule has 0 saturated heterocycles. The van der Waals surface area contributed by atoms with Gasteiger partial charge >= 0.3 is 18.7 Å². The van der Waals surface area contributed by atoms with Crippen molar-refractivity contribution in [2.75, 3.05) is 0 Å². The minimum atomic E-state index is -4.67. The van der Waals surface area contributed by atoms with Gasteiger partial charge in [-0.05, 0) is 6.07 Å². The van der Waals surface area contributed by atoms with E-state index in [0.29, 0.717) is 0 Å². The number of aromatic nitrogens is 2. The molecule has 0 radical (unpaired) electrons. The summed E-state index contributed by atoms with van der Waals surface area (Å²) in [5.74, 6) is 0. The van der Waals surface area contributed by atoms with E-state index in [9.17, 15) is 0 Å². The summed E-state index contributed by atoms with van der Waals surface area (Å²) in [6.07, 6.45) is 3.46. The molecule has 0 bridgehead atoms. The van der Waals surface area contributed by atoms with Gasteiger partial charge in [0.05, 0.1) is 0 Å². The van der Waals surface area contributed by atoms with Gasteiger partial charge in [0.25, 0.3) is 0 Å². The van der Waals surface area contributed by atoms with Crippen LogP contribution in [0.4, 0.5) is 0 Å². The number of rotatable bonds is 0. The summed E-state index contributed by atoms with van der Waals surface area (Å²) >= 11 is 0. The molecule has 1 aromatic rings. The van der Waals surface area contributed by atoms with E-state index < -0.39 is 18.7 Å². The van der Waals surface area contributed by atoms with Crippen LogP contribution in [0.15, 0.2) is 18.5 Å². The Morgan fingerprint density at radius 1 is 1.29 bits per heavy atom. The third-order valence-corrected chi connectivity index (χ3v) is 0.406. The minimum absolute atomic E-state index is 1.69. The number of aromatic amines is 1. The zero-order chi connectivity index (χ0) is 11.6. The maximum Gasteiger partial charge on any atom is 0.394 e. The number of nitrogens with one attached hydrogen (secondary N) is 1. The minimum Gasteiger partial charge on any atom is -0.326 e. The first kappa shape index (κ1) is 15.7. The topological polar surface area (TPSA) is 161 Å². The average molecular weight is 248 g/mol. The highest BCUT2D eigenvalue weighted by atomic mass is 32.3. The Bertz CT molecular complexity index is 291. The molecule has 84 valence electrons. The number of H-pyrrole nitrogens is 1. The van der Waals surface area contributed by atoms with Gasteiger partial charge in [0, 0.05) is 12.4 Å². The van der Waals surface area contributed by atoms with Crippen LogP contribution in [0.1, 0.15) is 0 Å². The van der Waals surface area contributed by atoms with E-state index in [1.165, 1.54) is 0 Å². The second-order valence-corrected chi connectivity index (χ2v) is 2.96. The quantitative estimate of drug-likeness (QED) is 0.292. The molecule has 0 spiro atoms. The van der Waals surface area contributed by atoms with Crippen molar-refractivity contribution in [1.82, 2.24) is 10.2 Å². The van der Waals surface area contributed by atoms with E-state index in [2.05, 4.69) is 10.2 Å². The first-order valence-corrected chi connectivity index (χ1v) is 5.49. The summed E-state index contributed by atoms with van der Waals surface area (Å²) in [7, 11) is -7.80. The fourth-order valence-electron chi connectivity index (χ4n) is 0.215. The van der Waals surface area contributed by atoms with Crippen LogP contribution < -0.4 is 0 Å². The molecule has 0 amide bonds. The Kier molecular flexibility index (Phi) is 9.88. The fourth-order valence-corrected chi connectivity index (χ4v) is 0.215. The van der Waals surface area contributed by atoms with E-state index in [1.54, 1.807) is 12.4 Å². The van der Waals surface area contributed by atoms with Gasteiger partial charge in [0.15, 0.2) is 0 Å². The van der Waals surface area contributed by atoms with Crippen LogP contribution in [0.2, 0.25) is 0 Å². The molecule has 9 nitrogen and oxygen atoms in total. The van der Waals surface area contributed by atoms with Gasteiger partial charge in [0.2, 0.25) is 0 Å². The van der Waals surface area contributed by atoms with E-state index in [1.807, 2.05) is 6.07 Å². The summed E-state index contributed by atoms with van der Waals surface area (Å²) in [6.45, 7) is 0. The van der Waals surface area contributed by atoms with Crippen molar-refractivity contribution in [2.45, 2.75) is 0 Å². The predicted octanol–water partition coefficient (Wildman–Crippen LogP) is -0.882. The van der Waals surface area contributed by atoms with E-state index in [-0.39, 0.29) is 0 Å². The van der Waals surface area contributed by atoms with Crippen LogP contribution in [0, 0.1) is 0 Å². The number of hydrogen-bond acceptors (Lipinski definition) is 4. The van der Waals surface area contributed by atoms with Crippen LogP contribution in [-0.2, 0) is 15.0 Å². The number of nitrogens with zero attached hydrogens (tertiary/aromatic N) is 1. The molecule has 0 atom stereocenters. The van der Waals surface area contributed by atoms with Gasteiger partial charge in [-0.1, -0.05) is 0 Å². The first-order chi connectivity index (χ1) is 6.23. The fraction of sp³-hybridized carbons (Fsp3) is 0. The SMILES string of the molecule is O=S(=O)(O)O.O=[PH](O)O.c1cn[nH]c1. The lowest BCUT2D eigenvalue weighted by atomic mass is 10.8. The Hall–Kier alpha value is -0.770. The molecule has 11 heteroatoms. The summed E-state index contributed by atoms with van der Waals surface area (Å²) in [6, 6.07) is 1.83. The van der Waals surface area contributed by atoms with Crippen LogP contribution in [0.5, 0.6) is 0 Å². The van der Waals surface area contributed by atoms with Crippen molar-refractivity contribution < 1.29 is 31.9 Å². The smallest absolute Gasteiger partial charge is 0.326 e. The molecule has 0 aliphatic carbocycles. The highest BCUT2D eigenvalue weighted by Gasteiger charge is 1.84. The van der Waals surface area contributed by atoms with Gasteiger partial charge in [0.1, 0.15) is 0 Å². The van der Waals surface area contributed by atoms with Crippen LogP contribution in [0.3, 0.4) is 0 Å². The standard InChI is InChI=1S/C3H4N2.H2O4S.H3O3P/c1-2-4-5-3-1;1-5(2,3)4;1-4(2)3/h1-3H,(H,4,5);(H2,1,2,3,4);4H,(H2,1,2,3). The lowest BCUT2D eigenvalue weighted by Gasteiger charge is -1.68. The average Bonchev–Trinajstić information content (AvgIpc) is 2.32. The Morgan fingerprint density at radius 2 is 1.64 bits per heavy atom. The van der Waals surface area contributed by atoms with E-state index in [0.717, 1.165) is 0 Å². The highest BCUT2D eigenvalue weighted by molar-refractivity contribution is 7.79. The Morgan fingerprint density at radius 3 is 1.71 bits per heavy atom. The maximum absolute atomic E-state index is 8.74. The largest absolute Gasteiger partial charge is 0.394 e. The van der Waals surface area contributed by atoms with E-state index in [4.69, 9.17) is 31.9 Å². The van der Waals surface area contributed by atoms with E-state index >= 15 is 0 Å². The second-order valence-electron chi connectivity index (χ2n) is 1.50. The summed E-state index contributed by atoms with van der Waals surface area (Å²) < 4.78 is 40.3. The zero-order valence-corrected chi connectivity index (χ0v) is 8.42. The van der Waals surface area contributed by atoms with Crippen molar-refractivity contribution >= 4 is 18.7 Å². The van der Waals surface area contributed by atoms with Gasteiger partial charge in [-0.2, -0.15) is 13.5 Å². The molecule has 0 aliphatic heterocycles. The molecule has 0 unspecified atom stereocenters. The second kappa shape index (κ2) is 8.81. The predicted molar refractivity (Wildman–Crippen MR) is 46.2 cm³/mol.